The van der Waals surface area contributed by atoms with Crippen LogP contribution in [0.15, 0.2) is 0 Å². The van der Waals surface area contributed by atoms with Crippen molar-refractivity contribution in [2.75, 3.05) is 5.73 Å². The quantitative estimate of drug-likeness (QED) is 0.868. The highest BCUT2D eigenvalue weighted by Crippen LogP contribution is 2.30. The zero-order valence-corrected chi connectivity index (χ0v) is 13.7. The largest absolute Gasteiger partial charge is 0.384 e. The van der Waals surface area contributed by atoms with Crippen LogP contribution >= 0.6 is 0 Å². The lowest BCUT2D eigenvalue weighted by Gasteiger charge is -2.20. The second kappa shape index (κ2) is 6.64. The summed E-state index contributed by atoms with van der Waals surface area (Å²) < 4.78 is 2.26. The molecule has 0 unspecified atom stereocenters. The second-order valence-corrected chi connectivity index (χ2v) is 7.17. The molecular formula is C17H31N3. The molecule has 1 heterocycles. The Bertz CT molecular complexity index is 426. The normalized spacial score (nSPS) is 17.3. The van der Waals surface area contributed by atoms with Crippen molar-refractivity contribution in [1.29, 1.82) is 0 Å². The maximum Gasteiger partial charge on any atom is 0.126 e. The van der Waals surface area contributed by atoms with Crippen molar-refractivity contribution in [3.63, 3.8) is 0 Å². The number of nitrogen functional groups attached to an aromatic ring is 1. The molecule has 1 aromatic rings. The third-order valence-corrected chi connectivity index (χ3v) is 4.38. The first-order valence-corrected chi connectivity index (χ1v) is 8.33. The highest BCUT2D eigenvalue weighted by atomic mass is 15.1. The topological polar surface area (TPSA) is 43.8 Å². The van der Waals surface area contributed by atoms with Crippen LogP contribution in [-0.2, 0) is 13.0 Å². The zero-order chi connectivity index (χ0) is 14.7. The Morgan fingerprint density at radius 1 is 1.15 bits per heavy atom. The van der Waals surface area contributed by atoms with Crippen molar-refractivity contribution in [3.05, 3.63) is 11.5 Å². The summed E-state index contributed by atoms with van der Waals surface area (Å²) in [7, 11) is 0. The van der Waals surface area contributed by atoms with Crippen molar-refractivity contribution >= 4 is 5.82 Å². The number of imidazole rings is 1. The highest BCUT2D eigenvalue weighted by molar-refractivity contribution is 5.39. The zero-order valence-electron chi connectivity index (χ0n) is 13.7. The number of anilines is 1. The molecule has 0 bridgehead atoms. The number of nitrogens with zero attached hydrogens (tertiary/aromatic N) is 2. The van der Waals surface area contributed by atoms with Crippen LogP contribution in [-0.4, -0.2) is 9.55 Å². The first-order chi connectivity index (χ1) is 9.49. The first kappa shape index (κ1) is 15.4. The Morgan fingerprint density at radius 3 is 2.35 bits per heavy atom. The predicted molar refractivity (Wildman–Crippen MR) is 85.8 cm³/mol. The van der Waals surface area contributed by atoms with Gasteiger partial charge >= 0.3 is 0 Å². The molecule has 1 fully saturated rings. The van der Waals surface area contributed by atoms with Gasteiger partial charge in [0.15, 0.2) is 0 Å². The minimum atomic E-state index is 0.441. The van der Waals surface area contributed by atoms with Crippen molar-refractivity contribution in [2.45, 2.75) is 78.7 Å². The van der Waals surface area contributed by atoms with Gasteiger partial charge in [-0.2, -0.15) is 0 Å². The van der Waals surface area contributed by atoms with Crippen LogP contribution in [0.4, 0.5) is 5.82 Å². The molecule has 3 heteroatoms. The molecule has 0 radical (unpaired) electrons. The van der Waals surface area contributed by atoms with Gasteiger partial charge in [0, 0.05) is 12.5 Å². The molecule has 3 nitrogen and oxygen atoms in total. The lowest BCUT2D eigenvalue weighted by atomic mass is 9.86. The SMILES string of the molecule is CC(C)Cn1c(C(C)C)nc(CC2CCCCC2)c1N. The summed E-state index contributed by atoms with van der Waals surface area (Å²) in [6.07, 6.45) is 7.96. The van der Waals surface area contributed by atoms with Crippen LogP contribution in [0.5, 0.6) is 0 Å². The van der Waals surface area contributed by atoms with Crippen LogP contribution in [0.2, 0.25) is 0 Å². The van der Waals surface area contributed by atoms with E-state index in [1.807, 2.05) is 0 Å². The van der Waals surface area contributed by atoms with Crippen molar-refractivity contribution in [3.8, 4) is 0 Å². The lowest BCUT2D eigenvalue weighted by molar-refractivity contribution is 0.355. The van der Waals surface area contributed by atoms with Crippen LogP contribution in [0.1, 0.15) is 77.2 Å². The fourth-order valence-electron chi connectivity index (χ4n) is 3.35. The Morgan fingerprint density at radius 2 is 1.80 bits per heavy atom. The molecule has 0 aromatic carbocycles. The molecule has 1 aliphatic rings. The Labute approximate surface area is 124 Å². The number of hydrogen-bond donors (Lipinski definition) is 1. The molecule has 0 aliphatic heterocycles. The summed E-state index contributed by atoms with van der Waals surface area (Å²) in [6, 6.07) is 0. The van der Waals surface area contributed by atoms with Gasteiger partial charge in [-0.3, -0.25) is 0 Å². The molecule has 0 amide bonds. The molecule has 1 saturated carbocycles. The van der Waals surface area contributed by atoms with Gasteiger partial charge in [0.25, 0.3) is 0 Å². The third kappa shape index (κ3) is 3.56. The minimum Gasteiger partial charge on any atom is -0.384 e. The van der Waals surface area contributed by atoms with E-state index in [4.69, 9.17) is 10.7 Å². The van der Waals surface area contributed by atoms with E-state index in [0.717, 1.165) is 30.4 Å². The standard InChI is InChI=1S/C17H31N3/c1-12(2)11-20-16(18)15(19-17(20)13(3)4)10-14-8-6-5-7-9-14/h12-14H,5-11,18H2,1-4H3. The molecule has 0 atom stereocenters. The molecule has 20 heavy (non-hydrogen) atoms. The lowest BCUT2D eigenvalue weighted by Crippen LogP contribution is -2.13. The summed E-state index contributed by atoms with van der Waals surface area (Å²) in [5.74, 6) is 3.94. The van der Waals surface area contributed by atoms with Gasteiger partial charge in [0.2, 0.25) is 0 Å². The number of aromatic nitrogens is 2. The van der Waals surface area contributed by atoms with Gasteiger partial charge in [0.1, 0.15) is 11.6 Å². The van der Waals surface area contributed by atoms with E-state index in [1.165, 1.54) is 37.9 Å². The van der Waals surface area contributed by atoms with Gasteiger partial charge in [-0.1, -0.05) is 59.8 Å². The summed E-state index contributed by atoms with van der Waals surface area (Å²) >= 11 is 0. The van der Waals surface area contributed by atoms with Crippen LogP contribution in [0.3, 0.4) is 0 Å². The summed E-state index contributed by atoms with van der Waals surface area (Å²) in [6.45, 7) is 9.89. The maximum atomic E-state index is 6.41. The molecule has 2 N–H and O–H groups in total. The average Bonchev–Trinajstić information content (AvgIpc) is 2.69. The smallest absolute Gasteiger partial charge is 0.126 e. The molecule has 0 spiro atoms. The summed E-state index contributed by atoms with van der Waals surface area (Å²) in [4.78, 5) is 4.89. The van der Waals surface area contributed by atoms with Gasteiger partial charge in [-0.15, -0.1) is 0 Å². The molecule has 1 aliphatic carbocycles. The van der Waals surface area contributed by atoms with Crippen LogP contribution < -0.4 is 5.73 Å². The number of rotatable bonds is 5. The van der Waals surface area contributed by atoms with E-state index in [-0.39, 0.29) is 0 Å². The fraction of sp³-hybridized carbons (Fsp3) is 0.824. The first-order valence-electron chi connectivity index (χ1n) is 8.33. The van der Waals surface area contributed by atoms with E-state index in [0.29, 0.717) is 11.8 Å². The molecule has 1 aromatic heterocycles. The average molecular weight is 277 g/mol. The van der Waals surface area contributed by atoms with Gasteiger partial charge in [-0.05, 0) is 18.3 Å². The molecule has 114 valence electrons. The Balaban J connectivity index is 2.19. The third-order valence-electron chi connectivity index (χ3n) is 4.38. The Kier molecular flexibility index (Phi) is 5.11. The van der Waals surface area contributed by atoms with Crippen LogP contribution in [0, 0.1) is 11.8 Å². The van der Waals surface area contributed by atoms with E-state index >= 15 is 0 Å². The summed E-state index contributed by atoms with van der Waals surface area (Å²) in [5.41, 5.74) is 7.56. The monoisotopic (exact) mass is 277 g/mol. The van der Waals surface area contributed by atoms with Gasteiger partial charge < -0.3 is 10.3 Å². The van der Waals surface area contributed by atoms with Crippen LogP contribution in [0.25, 0.3) is 0 Å². The summed E-state index contributed by atoms with van der Waals surface area (Å²) in [5, 5.41) is 0. The number of nitrogens with two attached hydrogens (primary N) is 1. The van der Waals surface area contributed by atoms with E-state index in [9.17, 15) is 0 Å². The van der Waals surface area contributed by atoms with E-state index in [2.05, 4.69) is 32.3 Å². The number of hydrogen-bond acceptors (Lipinski definition) is 2. The Hall–Kier alpha value is -0.990. The predicted octanol–water partition coefficient (Wildman–Crippen LogP) is 4.37. The molecular weight excluding hydrogens is 246 g/mol. The highest BCUT2D eigenvalue weighted by Gasteiger charge is 2.21. The minimum absolute atomic E-state index is 0.441. The van der Waals surface area contributed by atoms with Gasteiger partial charge in [-0.25, -0.2) is 4.98 Å². The van der Waals surface area contributed by atoms with E-state index in [1.54, 1.807) is 0 Å². The van der Waals surface area contributed by atoms with Gasteiger partial charge in [0.05, 0.1) is 5.69 Å². The van der Waals surface area contributed by atoms with Crippen molar-refractivity contribution in [1.82, 2.24) is 9.55 Å². The second-order valence-electron chi connectivity index (χ2n) is 7.17. The molecule has 2 rings (SSSR count). The van der Waals surface area contributed by atoms with Crippen molar-refractivity contribution in [2.24, 2.45) is 11.8 Å². The van der Waals surface area contributed by atoms with Crippen molar-refractivity contribution < 1.29 is 0 Å². The maximum absolute atomic E-state index is 6.41. The fourth-order valence-corrected chi connectivity index (χ4v) is 3.35. The molecule has 0 saturated heterocycles. The van der Waals surface area contributed by atoms with E-state index < -0.39 is 0 Å².